The maximum atomic E-state index is 15.3. The van der Waals surface area contributed by atoms with Gasteiger partial charge in [0.15, 0.2) is 23.1 Å². The third-order valence-corrected chi connectivity index (χ3v) is 8.17. The second-order valence-corrected chi connectivity index (χ2v) is 11.4. The zero-order valence-corrected chi connectivity index (χ0v) is 23.3. The highest BCUT2D eigenvalue weighted by Gasteiger charge is 2.62. The number of ether oxygens (including phenoxy) is 1. The number of hydrogen-bond donors (Lipinski definition) is 2. The highest BCUT2D eigenvalue weighted by Crippen LogP contribution is 2.54. The van der Waals surface area contributed by atoms with E-state index in [1.54, 1.807) is 39.8 Å². The second-order valence-electron chi connectivity index (χ2n) is 11.4. The van der Waals surface area contributed by atoms with Crippen LogP contribution in [0.15, 0.2) is 41.2 Å². The summed E-state index contributed by atoms with van der Waals surface area (Å²) in [5, 5.41) is 18.2. The fraction of sp³-hybridized carbons (Fsp3) is 0.367. The third kappa shape index (κ3) is 4.68. The summed E-state index contributed by atoms with van der Waals surface area (Å²) in [6.07, 6.45) is 0.831. The van der Waals surface area contributed by atoms with Crippen molar-refractivity contribution in [1.82, 2.24) is 20.4 Å². The van der Waals surface area contributed by atoms with Gasteiger partial charge < -0.3 is 15.0 Å². The Morgan fingerprint density at radius 1 is 1.17 bits per heavy atom. The quantitative estimate of drug-likeness (QED) is 0.442. The summed E-state index contributed by atoms with van der Waals surface area (Å²) in [5.41, 5.74) is -2.03. The summed E-state index contributed by atoms with van der Waals surface area (Å²) in [5.74, 6) is -5.73. The lowest BCUT2D eigenvalue weighted by atomic mass is 9.81. The molecule has 2 aliphatic heterocycles. The average molecular weight is 580 g/mol. The van der Waals surface area contributed by atoms with Crippen LogP contribution in [0.2, 0.25) is 0 Å². The monoisotopic (exact) mass is 579 g/mol. The SMILES string of the molecule is Cc1cc(Oc2c(F)cc(C(=O)N[C@H]3C[C@@]4(c5c(C)cccc5F)CC[C@H](C(C)(C)C#N)N4C3=O)cc2F)c(=O)[nH]n1. The number of rotatable bonds is 6. The molecular weight excluding hydrogens is 551 g/mol. The summed E-state index contributed by atoms with van der Waals surface area (Å²) in [6.45, 7) is 6.69. The average Bonchev–Trinajstić information content (AvgIpc) is 3.43. The van der Waals surface area contributed by atoms with Crippen molar-refractivity contribution < 1.29 is 27.5 Å². The molecule has 0 unspecified atom stereocenters. The molecule has 12 heteroatoms. The Morgan fingerprint density at radius 2 is 1.86 bits per heavy atom. The molecule has 9 nitrogen and oxygen atoms in total. The van der Waals surface area contributed by atoms with Crippen LogP contribution in [0, 0.1) is 48.0 Å². The van der Waals surface area contributed by atoms with Gasteiger partial charge in [-0.25, -0.2) is 18.3 Å². The zero-order chi connectivity index (χ0) is 30.6. The molecule has 0 saturated carbocycles. The summed E-state index contributed by atoms with van der Waals surface area (Å²) in [7, 11) is 0. The van der Waals surface area contributed by atoms with Crippen LogP contribution in [0.1, 0.15) is 60.3 Å². The number of aromatic nitrogens is 2. The Hall–Kier alpha value is -4.66. The van der Waals surface area contributed by atoms with Crippen molar-refractivity contribution in [3.63, 3.8) is 0 Å². The lowest BCUT2D eigenvalue weighted by Crippen LogP contribution is -2.50. The predicted molar refractivity (Wildman–Crippen MR) is 144 cm³/mol. The van der Waals surface area contributed by atoms with Crippen molar-refractivity contribution in [1.29, 1.82) is 5.26 Å². The van der Waals surface area contributed by atoms with E-state index in [1.165, 1.54) is 17.0 Å². The Labute approximate surface area is 239 Å². The van der Waals surface area contributed by atoms with Gasteiger partial charge in [0.05, 0.1) is 28.8 Å². The van der Waals surface area contributed by atoms with E-state index < -0.39 is 74.9 Å². The van der Waals surface area contributed by atoms with Crippen molar-refractivity contribution in [3.05, 3.63) is 86.6 Å². The lowest BCUT2D eigenvalue weighted by molar-refractivity contribution is -0.135. The number of nitriles is 1. The van der Waals surface area contributed by atoms with Crippen molar-refractivity contribution in [2.24, 2.45) is 5.41 Å². The fourth-order valence-corrected chi connectivity index (χ4v) is 6.22. The number of aromatic amines is 1. The number of nitrogens with one attached hydrogen (secondary N) is 2. The number of hydrogen-bond acceptors (Lipinski definition) is 6. The van der Waals surface area contributed by atoms with E-state index in [-0.39, 0.29) is 6.42 Å². The molecule has 2 saturated heterocycles. The molecule has 3 aromatic rings. The van der Waals surface area contributed by atoms with Crippen LogP contribution < -0.4 is 15.6 Å². The number of fused-ring (bicyclic) bond motifs is 1. The van der Waals surface area contributed by atoms with Crippen LogP contribution in [-0.2, 0) is 10.3 Å². The molecule has 0 radical (unpaired) electrons. The molecule has 2 fully saturated rings. The molecule has 0 bridgehead atoms. The van der Waals surface area contributed by atoms with E-state index in [0.717, 1.165) is 12.1 Å². The molecule has 1 aromatic heterocycles. The maximum Gasteiger partial charge on any atom is 0.307 e. The number of H-pyrrole nitrogens is 1. The maximum absolute atomic E-state index is 15.3. The first-order valence-electron chi connectivity index (χ1n) is 13.3. The topological polar surface area (TPSA) is 128 Å². The summed E-state index contributed by atoms with van der Waals surface area (Å²) in [4.78, 5) is 40.5. The van der Waals surface area contributed by atoms with Gasteiger partial charge in [0.1, 0.15) is 11.9 Å². The number of halogens is 3. The second kappa shape index (κ2) is 10.3. The van der Waals surface area contributed by atoms with Crippen LogP contribution in [0.3, 0.4) is 0 Å². The van der Waals surface area contributed by atoms with E-state index in [2.05, 4.69) is 21.6 Å². The normalized spacial score (nSPS) is 21.7. The minimum absolute atomic E-state index is 0.00762. The summed E-state index contributed by atoms with van der Waals surface area (Å²) >= 11 is 0. The lowest BCUT2D eigenvalue weighted by Gasteiger charge is -2.40. The van der Waals surface area contributed by atoms with Crippen LogP contribution in [0.25, 0.3) is 0 Å². The molecule has 2 amide bonds. The van der Waals surface area contributed by atoms with Gasteiger partial charge in [0.25, 0.3) is 5.91 Å². The molecular formula is C30H28F3N5O4. The van der Waals surface area contributed by atoms with Gasteiger partial charge >= 0.3 is 5.56 Å². The first-order valence-corrected chi connectivity index (χ1v) is 13.3. The Balaban J connectivity index is 1.46. The molecule has 218 valence electrons. The zero-order valence-electron chi connectivity index (χ0n) is 23.3. The Bertz CT molecular complexity index is 1670. The first kappa shape index (κ1) is 28.9. The van der Waals surface area contributed by atoms with E-state index in [4.69, 9.17) is 4.74 Å². The van der Waals surface area contributed by atoms with Crippen molar-refractivity contribution in [3.8, 4) is 17.6 Å². The number of carbonyl (C=O) groups excluding carboxylic acids is 2. The molecule has 0 aliphatic carbocycles. The molecule has 2 aromatic carbocycles. The van der Waals surface area contributed by atoms with Crippen LogP contribution in [0.5, 0.6) is 11.5 Å². The Morgan fingerprint density at radius 3 is 2.50 bits per heavy atom. The minimum atomic E-state index is -1.25. The highest BCUT2D eigenvalue weighted by atomic mass is 19.1. The molecule has 3 heterocycles. The van der Waals surface area contributed by atoms with Crippen LogP contribution in [-0.4, -0.2) is 39.0 Å². The Kier molecular flexibility index (Phi) is 7.08. The van der Waals surface area contributed by atoms with Gasteiger partial charge in [-0.3, -0.25) is 14.4 Å². The van der Waals surface area contributed by atoms with E-state index in [0.29, 0.717) is 29.7 Å². The number of benzene rings is 2. The van der Waals surface area contributed by atoms with Gasteiger partial charge in [0.2, 0.25) is 5.91 Å². The van der Waals surface area contributed by atoms with Gasteiger partial charge in [-0.2, -0.15) is 10.4 Å². The summed E-state index contributed by atoms with van der Waals surface area (Å²) in [6, 6.07) is 7.82. The molecule has 2 aliphatic rings. The number of aryl methyl sites for hydroxylation is 2. The van der Waals surface area contributed by atoms with Gasteiger partial charge in [-0.15, -0.1) is 0 Å². The minimum Gasteiger partial charge on any atom is -0.445 e. The van der Waals surface area contributed by atoms with E-state index >= 15 is 4.39 Å². The smallest absolute Gasteiger partial charge is 0.307 e. The molecule has 3 atom stereocenters. The van der Waals surface area contributed by atoms with Gasteiger partial charge in [-0.05, 0) is 64.3 Å². The largest absolute Gasteiger partial charge is 0.445 e. The highest BCUT2D eigenvalue weighted by molar-refractivity contribution is 5.98. The van der Waals surface area contributed by atoms with E-state index in [9.17, 15) is 28.4 Å². The van der Waals surface area contributed by atoms with Crippen molar-refractivity contribution in [2.45, 2.75) is 64.6 Å². The summed E-state index contributed by atoms with van der Waals surface area (Å²) < 4.78 is 50.4. The van der Waals surface area contributed by atoms with Crippen LogP contribution in [0.4, 0.5) is 13.2 Å². The predicted octanol–water partition coefficient (Wildman–Crippen LogP) is 4.53. The fourth-order valence-electron chi connectivity index (χ4n) is 6.22. The van der Waals surface area contributed by atoms with Crippen LogP contribution >= 0.6 is 0 Å². The van der Waals surface area contributed by atoms with Gasteiger partial charge in [0, 0.05) is 23.6 Å². The van der Waals surface area contributed by atoms with Crippen molar-refractivity contribution in [2.75, 3.05) is 0 Å². The number of amides is 2. The van der Waals surface area contributed by atoms with Crippen molar-refractivity contribution >= 4 is 11.8 Å². The van der Waals surface area contributed by atoms with Gasteiger partial charge in [-0.1, -0.05) is 12.1 Å². The molecule has 2 N–H and O–H groups in total. The van der Waals surface area contributed by atoms with E-state index in [1.807, 2.05) is 0 Å². The molecule has 0 spiro atoms. The number of carbonyl (C=O) groups is 2. The molecule has 5 rings (SSSR count). The third-order valence-electron chi connectivity index (χ3n) is 8.17. The number of nitrogens with zero attached hydrogens (tertiary/aromatic N) is 3. The first-order chi connectivity index (χ1) is 19.8. The molecule has 42 heavy (non-hydrogen) atoms. The standard InChI is InChI=1S/C30H28F3N5O4/c1-15-6-5-7-18(31)24(15)30-9-8-23(29(3,4)14-34)38(30)28(41)21(13-30)35-26(39)17-11-19(32)25(20(33)12-17)42-22-10-16(2)36-37-27(22)40/h5-7,10-12,21,23H,8-9,13H2,1-4H3,(H,35,39)(H,37,40)/t21-,23+,30+/m0/s1.